The molecule has 1 aromatic heterocycles. The molecule has 3 aromatic carbocycles. The van der Waals surface area contributed by atoms with Crippen LogP contribution in [0.2, 0.25) is 0 Å². The van der Waals surface area contributed by atoms with E-state index in [0.29, 0.717) is 22.9 Å². The summed E-state index contributed by atoms with van der Waals surface area (Å²) in [5.41, 5.74) is 1.64. The second-order valence-electron chi connectivity index (χ2n) is 5.76. The predicted octanol–water partition coefficient (Wildman–Crippen LogP) is 5.56. The van der Waals surface area contributed by atoms with Gasteiger partial charge >= 0.3 is 0 Å². The minimum Gasteiger partial charge on any atom is -0.458 e. The molecule has 134 valence electrons. The number of benzene rings is 3. The number of oxazole rings is 1. The van der Waals surface area contributed by atoms with Crippen molar-refractivity contribution in [2.75, 3.05) is 6.79 Å². The van der Waals surface area contributed by atoms with Gasteiger partial charge in [0.1, 0.15) is 29.3 Å². The van der Waals surface area contributed by atoms with Gasteiger partial charge in [-0.25, -0.2) is 9.37 Å². The molecule has 0 aliphatic heterocycles. The van der Waals surface area contributed by atoms with Crippen molar-refractivity contribution in [1.29, 1.82) is 0 Å². The van der Waals surface area contributed by atoms with Gasteiger partial charge in [-0.15, -0.1) is 0 Å². The van der Waals surface area contributed by atoms with E-state index in [4.69, 9.17) is 13.9 Å². The first-order valence-corrected chi connectivity index (χ1v) is 8.41. The average Bonchev–Trinajstić information content (AvgIpc) is 3.20. The molecule has 0 atom stereocenters. The Morgan fingerprint density at radius 1 is 0.778 bits per heavy atom. The maximum atomic E-state index is 13.9. The molecule has 4 rings (SSSR count). The third-order valence-electron chi connectivity index (χ3n) is 3.95. The highest BCUT2D eigenvalue weighted by Gasteiger charge is 2.11. The molecule has 4 aromatic rings. The molecular formula is C22H16FNO3. The third-order valence-corrected chi connectivity index (χ3v) is 3.95. The Morgan fingerprint density at radius 2 is 1.44 bits per heavy atom. The summed E-state index contributed by atoms with van der Waals surface area (Å²) in [6, 6.07) is 23.2. The number of nitrogens with zero attached hydrogens (tertiary/aromatic N) is 1. The summed E-state index contributed by atoms with van der Waals surface area (Å²) in [6.07, 6.45) is 1.45. The van der Waals surface area contributed by atoms with Gasteiger partial charge in [0, 0.05) is 11.1 Å². The fraction of sp³-hybridized carbons (Fsp3) is 0.0455. The van der Waals surface area contributed by atoms with Crippen molar-refractivity contribution < 1.29 is 18.3 Å². The monoisotopic (exact) mass is 361 g/mol. The lowest BCUT2D eigenvalue weighted by atomic mass is 10.1. The van der Waals surface area contributed by atoms with E-state index in [2.05, 4.69) is 4.98 Å². The van der Waals surface area contributed by atoms with Gasteiger partial charge in [0.05, 0.1) is 0 Å². The van der Waals surface area contributed by atoms with Gasteiger partial charge < -0.3 is 13.9 Å². The number of rotatable bonds is 6. The van der Waals surface area contributed by atoms with Gasteiger partial charge in [0.2, 0.25) is 12.7 Å². The van der Waals surface area contributed by atoms with E-state index >= 15 is 0 Å². The number of para-hydroxylation sites is 1. The van der Waals surface area contributed by atoms with Crippen LogP contribution in [0.5, 0.6) is 11.5 Å². The molecule has 27 heavy (non-hydrogen) atoms. The predicted molar refractivity (Wildman–Crippen MR) is 99.9 cm³/mol. The first-order valence-electron chi connectivity index (χ1n) is 8.41. The Hall–Kier alpha value is -3.60. The van der Waals surface area contributed by atoms with Crippen LogP contribution in [-0.2, 0) is 0 Å². The third kappa shape index (κ3) is 3.98. The normalized spacial score (nSPS) is 10.6. The number of ether oxygens (including phenoxy) is 2. The van der Waals surface area contributed by atoms with Crippen molar-refractivity contribution in [1.82, 2.24) is 4.98 Å². The average molecular weight is 361 g/mol. The fourth-order valence-corrected chi connectivity index (χ4v) is 2.57. The Kier molecular flexibility index (Phi) is 4.83. The second-order valence-corrected chi connectivity index (χ2v) is 5.76. The Morgan fingerprint density at radius 3 is 2.19 bits per heavy atom. The van der Waals surface area contributed by atoms with E-state index in [-0.39, 0.29) is 12.6 Å². The van der Waals surface area contributed by atoms with Crippen LogP contribution in [0.3, 0.4) is 0 Å². The smallest absolute Gasteiger partial charge is 0.230 e. The summed E-state index contributed by atoms with van der Waals surface area (Å²) in [5, 5.41) is 0. The van der Waals surface area contributed by atoms with Crippen LogP contribution in [0.25, 0.3) is 22.7 Å². The Labute approximate surface area is 155 Å². The molecule has 0 saturated carbocycles. The fourth-order valence-electron chi connectivity index (χ4n) is 2.57. The van der Waals surface area contributed by atoms with Crippen LogP contribution in [0.15, 0.2) is 89.5 Å². The van der Waals surface area contributed by atoms with E-state index < -0.39 is 0 Å². The lowest BCUT2D eigenvalue weighted by Gasteiger charge is -2.08. The molecule has 0 bridgehead atoms. The van der Waals surface area contributed by atoms with E-state index in [1.54, 1.807) is 30.3 Å². The first-order chi connectivity index (χ1) is 13.3. The van der Waals surface area contributed by atoms with Crippen molar-refractivity contribution in [2.45, 2.75) is 0 Å². The van der Waals surface area contributed by atoms with Crippen molar-refractivity contribution >= 4 is 0 Å². The van der Waals surface area contributed by atoms with Crippen LogP contribution in [0.4, 0.5) is 4.39 Å². The summed E-state index contributed by atoms with van der Waals surface area (Å²) in [4.78, 5) is 4.37. The van der Waals surface area contributed by atoms with Crippen LogP contribution in [0.1, 0.15) is 0 Å². The molecule has 0 radical (unpaired) electrons. The minimum absolute atomic E-state index is 0.111. The molecular weight excluding hydrogens is 345 g/mol. The molecule has 0 N–H and O–H groups in total. The topological polar surface area (TPSA) is 44.5 Å². The minimum atomic E-state index is -0.334. The molecule has 0 amide bonds. The maximum Gasteiger partial charge on any atom is 0.230 e. The first kappa shape index (κ1) is 16.8. The molecule has 0 fully saturated rings. The van der Waals surface area contributed by atoms with Crippen LogP contribution < -0.4 is 9.47 Å². The molecule has 5 heteroatoms. The van der Waals surface area contributed by atoms with Crippen LogP contribution in [-0.4, -0.2) is 11.8 Å². The van der Waals surface area contributed by atoms with Crippen molar-refractivity contribution in [3.63, 3.8) is 0 Å². The lowest BCUT2D eigenvalue weighted by molar-refractivity contribution is 0.120. The van der Waals surface area contributed by atoms with E-state index in [1.165, 1.54) is 12.3 Å². The summed E-state index contributed by atoms with van der Waals surface area (Å²) < 4.78 is 30.4. The number of aromatic nitrogens is 1. The Balaban J connectivity index is 1.41. The SMILES string of the molecule is Fc1ccccc1-c1coc(-c2ccc(OCOc3ccccc3)cc2)n1. The van der Waals surface area contributed by atoms with Gasteiger partial charge in [0.15, 0.2) is 0 Å². The molecule has 0 spiro atoms. The molecule has 0 aliphatic carbocycles. The zero-order chi connectivity index (χ0) is 18.5. The number of halogens is 1. The zero-order valence-corrected chi connectivity index (χ0v) is 14.3. The highest BCUT2D eigenvalue weighted by Crippen LogP contribution is 2.27. The molecule has 0 saturated heterocycles. The van der Waals surface area contributed by atoms with Gasteiger partial charge in [-0.05, 0) is 48.5 Å². The van der Waals surface area contributed by atoms with Crippen molar-refractivity contribution in [2.24, 2.45) is 0 Å². The van der Waals surface area contributed by atoms with Crippen LogP contribution >= 0.6 is 0 Å². The van der Waals surface area contributed by atoms with E-state index in [9.17, 15) is 4.39 Å². The molecule has 0 unspecified atom stereocenters. The van der Waals surface area contributed by atoms with E-state index in [1.807, 2.05) is 42.5 Å². The quantitative estimate of drug-likeness (QED) is 0.422. The molecule has 0 aliphatic rings. The van der Waals surface area contributed by atoms with Gasteiger partial charge in [-0.3, -0.25) is 0 Å². The standard InChI is InChI=1S/C22H16FNO3/c23-20-9-5-4-8-19(20)21-14-25-22(24-21)16-10-12-18(13-11-16)27-15-26-17-6-2-1-3-7-17/h1-14H,15H2. The van der Waals surface area contributed by atoms with E-state index in [0.717, 1.165) is 11.3 Å². The summed E-state index contributed by atoms with van der Waals surface area (Å²) in [5.74, 6) is 1.49. The second kappa shape index (κ2) is 7.74. The molecule has 1 heterocycles. The van der Waals surface area contributed by atoms with Crippen molar-refractivity contribution in [3.05, 3.63) is 90.9 Å². The van der Waals surface area contributed by atoms with Crippen molar-refractivity contribution in [3.8, 4) is 34.2 Å². The highest BCUT2D eigenvalue weighted by molar-refractivity contribution is 5.63. The van der Waals surface area contributed by atoms with Crippen LogP contribution in [0, 0.1) is 5.82 Å². The summed E-state index contributed by atoms with van der Waals surface area (Å²) in [6.45, 7) is 0.111. The Bertz CT molecular complexity index is 1010. The number of hydrogen-bond donors (Lipinski definition) is 0. The van der Waals surface area contributed by atoms with Gasteiger partial charge in [-0.2, -0.15) is 0 Å². The summed E-state index contributed by atoms with van der Waals surface area (Å²) >= 11 is 0. The zero-order valence-electron chi connectivity index (χ0n) is 14.3. The highest BCUT2D eigenvalue weighted by atomic mass is 19.1. The maximum absolute atomic E-state index is 13.9. The van der Waals surface area contributed by atoms with Gasteiger partial charge in [0.25, 0.3) is 0 Å². The summed E-state index contributed by atoms with van der Waals surface area (Å²) in [7, 11) is 0. The molecule has 4 nitrogen and oxygen atoms in total. The lowest BCUT2D eigenvalue weighted by Crippen LogP contribution is -2.05. The number of hydrogen-bond acceptors (Lipinski definition) is 4. The largest absolute Gasteiger partial charge is 0.458 e. The van der Waals surface area contributed by atoms with Gasteiger partial charge in [-0.1, -0.05) is 30.3 Å².